The van der Waals surface area contributed by atoms with Gasteiger partial charge in [0.15, 0.2) is 0 Å². The fourth-order valence-electron chi connectivity index (χ4n) is 3.14. The van der Waals surface area contributed by atoms with Gasteiger partial charge in [0.1, 0.15) is 0 Å². The third kappa shape index (κ3) is 3.34. The summed E-state index contributed by atoms with van der Waals surface area (Å²) in [6.45, 7) is 1.71. The molecule has 0 atom stereocenters. The lowest BCUT2D eigenvalue weighted by molar-refractivity contribution is -0.384. The molecule has 0 amide bonds. The van der Waals surface area contributed by atoms with Crippen molar-refractivity contribution in [3.05, 3.63) is 93.0 Å². The zero-order chi connectivity index (χ0) is 18.1. The molecule has 1 aliphatic heterocycles. The Morgan fingerprint density at radius 2 is 1.54 bits per heavy atom. The average Bonchev–Trinajstić information content (AvgIpc) is 3.06. The van der Waals surface area contributed by atoms with Gasteiger partial charge in [-0.05, 0) is 59.7 Å². The van der Waals surface area contributed by atoms with E-state index in [1.807, 2.05) is 30.3 Å². The number of non-ortho nitro benzene ring substituents is 1. The van der Waals surface area contributed by atoms with Crippen molar-refractivity contribution < 1.29 is 4.92 Å². The van der Waals surface area contributed by atoms with Crippen molar-refractivity contribution in [3.63, 3.8) is 0 Å². The molecule has 0 radical (unpaired) electrons. The molecule has 3 aromatic rings. The van der Waals surface area contributed by atoms with Crippen LogP contribution in [0.4, 0.5) is 22.7 Å². The van der Waals surface area contributed by atoms with Gasteiger partial charge in [0, 0.05) is 47.3 Å². The number of nitro benzene ring substituents is 1. The Balaban J connectivity index is 1.50. The average molecular weight is 366 g/mol. The van der Waals surface area contributed by atoms with Crippen LogP contribution in [-0.4, -0.2) is 4.92 Å². The lowest BCUT2D eigenvalue weighted by Gasteiger charge is -2.17. The molecule has 1 N–H and O–H groups in total. The van der Waals surface area contributed by atoms with E-state index >= 15 is 0 Å². The predicted molar refractivity (Wildman–Crippen MR) is 104 cm³/mol. The van der Waals surface area contributed by atoms with E-state index in [9.17, 15) is 10.1 Å². The van der Waals surface area contributed by atoms with Crippen LogP contribution in [0.2, 0.25) is 5.02 Å². The first-order chi connectivity index (χ1) is 12.6. The van der Waals surface area contributed by atoms with Gasteiger partial charge in [-0.3, -0.25) is 10.1 Å². The summed E-state index contributed by atoms with van der Waals surface area (Å²) in [4.78, 5) is 12.6. The Morgan fingerprint density at radius 1 is 0.885 bits per heavy atom. The highest BCUT2D eigenvalue weighted by molar-refractivity contribution is 6.30. The topological polar surface area (TPSA) is 58.4 Å². The number of nitrogens with one attached hydrogen (secondary N) is 1. The molecule has 6 heteroatoms. The fraction of sp³-hybridized carbons (Fsp3) is 0.100. The molecule has 4 rings (SSSR count). The van der Waals surface area contributed by atoms with Crippen LogP contribution < -0.4 is 10.2 Å². The first kappa shape index (κ1) is 16.4. The number of rotatable bonds is 4. The maximum absolute atomic E-state index is 10.7. The van der Waals surface area contributed by atoms with Crippen LogP contribution in [0.3, 0.4) is 0 Å². The molecular formula is C20H16ClN3O2. The Kier molecular flexibility index (Phi) is 4.22. The molecule has 5 nitrogen and oxygen atoms in total. The number of hydrogen-bond acceptors (Lipinski definition) is 4. The lowest BCUT2D eigenvalue weighted by atomic mass is 10.1. The number of benzene rings is 3. The maximum Gasteiger partial charge on any atom is 0.269 e. The van der Waals surface area contributed by atoms with Gasteiger partial charge >= 0.3 is 0 Å². The molecule has 0 unspecified atom stereocenters. The predicted octanol–water partition coefficient (Wildman–Crippen LogP) is 5.51. The Morgan fingerprint density at radius 3 is 2.23 bits per heavy atom. The minimum absolute atomic E-state index is 0.0862. The molecule has 3 aromatic carbocycles. The standard InChI is InChI=1S/C20H16ClN3O2/c21-16-2-7-19(8-3-16)23-12-14-1-4-18(11-15(14)13-23)22-17-5-9-20(10-6-17)24(25)26/h1-11,22H,12-13H2. The summed E-state index contributed by atoms with van der Waals surface area (Å²) in [7, 11) is 0. The van der Waals surface area contributed by atoms with Gasteiger partial charge in [-0.1, -0.05) is 17.7 Å². The fourth-order valence-corrected chi connectivity index (χ4v) is 3.27. The number of nitrogens with zero attached hydrogens (tertiary/aromatic N) is 2. The smallest absolute Gasteiger partial charge is 0.269 e. The Hall–Kier alpha value is -3.05. The highest BCUT2D eigenvalue weighted by atomic mass is 35.5. The Bertz CT molecular complexity index is 956. The molecule has 1 heterocycles. The second-order valence-corrected chi connectivity index (χ2v) is 6.68. The molecule has 26 heavy (non-hydrogen) atoms. The zero-order valence-electron chi connectivity index (χ0n) is 13.9. The van der Waals surface area contributed by atoms with Crippen molar-refractivity contribution in [2.24, 2.45) is 0 Å². The van der Waals surface area contributed by atoms with Gasteiger partial charge in [-0.25, -0.2) is 0 Å². The largest absolute Gasteiger partial charge is 0.363 e. The van der Waals surface area contributed by atoms with E-state index in [1.165, 1.54) is 23.3 Å². The third-order valence-corrected chi connectivity index (χ3v) is 4.74. The molecule has 0 saturated carbocycles. The van der Waals surface area contributed by atoms with E-state index in [0.717, 1.165) is 35.2 Å². The first-order valence-electron chi connectivity index (χ1n) is 8.22. The summed E-state index contributed by atoms with van der Waals surface area (Å²) >= 11 is 5.97. The molecule has 130 valence electrons. The second-order valence-electron chi connectivity index (χ2n) is 6.24. The van der Waals surface area contributed by atoms with Crippen LogP contribution in [-0.2, 0) is 13.1 Å². The second kappa shape index (κ2) is 6.69. The van der Waals surface area contributed by atoms with E-state index < -0.39 is 4.92 Å². The highest BCUT2D eigenvalue weighted by Crippen LogP contribution is 2.31. The van der Waals surface area contributed by atoms with Crippen LogP contribution in [0.25, 0.3) is 0 Å². The third-order valence-electron chi connectivity index (χ3n) is 4.49. The maximum atomic E-state index is 10.7. The highest BCUT2D eigenvalue weighted by Gasteiger charge is 2.19. The van der Waals surface area contributed by atoms with Crippen molar-refractivity contribution >= 4 is 34.4 Å². The molecular weight excluding hydrogens is 350 g/mol. The van der Waals surface area contributed by atoms with Crippen LogP contribution in [0.1, 0.15) is 11.1 Å². The summed E-state index contributed by atoms with van der Waals surface area (Å²) in [5.41, 5.74) is 5.60. The summed E-state index contributed by atoms with van der Waals surface area (Å²) in [5.74, 6) is 0. The van der Waals surface area contributed by atoms with E-state index in [-0.39, 0.29) is 5.69 Å². The van der Waals surface area contributed by atoms with Crippen LogP contribution in [0.15, 0.2) is 66.7 Å². The summed E-state index contributed by atoms with van der Waals surface area (Å²) < 4.78 is 0. The molecule has 0 aliphatic carbocycles. The summed E-state index contributed by atoms with van der Waals surface area (Å²) in [5, 5.41) is 14.8. The van der Waals surface area contributed by atoms with E-state index in [0.29, 0.717) is 0 Å². The molecule has 1 aliphatic rings. The van der Waals surface area contributed by atoms with Gasteiger partial charge in [0.25, 0.3) is 5.69 Å². The zero-order valence-corrected chi connectivity index (χ0v) is 14.6. The van der Waals surface area contributed by atoms with Gasteiger partial charge < -0.3 is 10.2 Å². The first-order valence-corrected chi connectivity index (χ1v) is 8.60. The van der Waals surface area contributed by atoms with Gasteiger partial charge in [0.05, 0.1) is 4.92 Å². The Labute approximate surface area is 156 Å². The van der Waals surface area contributed by atoms with Gasteiger partial charge in [-0.2, -0.15) is 0 Å². The van der Waals surface area contributed by atoms with Crippen LogP contribution >= 0.6 is 11.6 Å². The monoisotopic (exact) mass is 365 g/mol. The lowest BCUT2D eigenvalue weighted by Crippen LogP contribution is -2.13. The van der Waals surface area contributed by atoms with Gasteiger partial charge in [-0.15, -0.1) is 0 Å². The molecule has 0 aromatic heterocycles. The minimum atomic E-state index is -0.398. The van der Waals surface area contributed by atoms with Crippen LogP contribution in [0.5, 0.6) is 0 Å². The SMILES string of the molecule is O=[N+]([O-])c1ccc(Nc2ccc3c(c2)CN(c2ccc(Cl)cc2)C3)cc1. The van der Waals surface area contributed by atoms with E-state index in [1.54, 1.807) is 12.1 Å². The number of nitro groups is 1. The number of halogens is 1. The van der Waals surface area contributed by atoms with Crippen molar-refractivity contribution in [2.45, 2.75) is 13.1 Å². The number of fused-ring (bicyclic) bond motifs is 1. The number of anilines is 3. The van der Waals surface area contributed by atoms with Crippen molar-refractivity contribution in [1.82, 2.24) is 0 Å². The molecule has 0 bridgehead atoms. The van der Waals surface area contributed by atoms with Crippen molar-refractivity contribution in [1.29, 1.82) is 0 Å². The van der Waals surface area contributed by atoms with Crippen molar-refractivity contribution in [3.8, 4) is 0 Å². The van der Waals surface area contributed by atoms with Crippen molar-refractivity contribution in [2.75, 3.05) is 10.2 Å². The quantitative estimate of drug-likeness (QED) is 0.489. The molecule has 0 saturated heterocycles. The van der Waals surface area contributed by atoms with E-state index in [4.69, 9.17) is 11.6 Å². The summed E-state index contributed by atoms with van der Waals surface area (Å²) in [6, 6.07) is 20.6. The molecule has 0 spiro atoms. The molecule has 0 fully saturated rings. The van der Waals surface area contributed by atoms with Gasteiger partial charge in [0.2, 0.25) is 0 Å². The number of hydrogen-bond donors (Lipinski definition) is 1. The summed E-state index contributed by atoms with van der Waals surface area (Å²) in [6.07, 6.45) is 0. The minimum Gasteiger partial charge on any atom is -0.363 e. The van der Waals surface area contributed by atoms with Crippen LogP contribution in [0, 0.1) is 10.1 Å². The van der Waals surface area contributed by atoms with E-state index in [2.05, 4.69) is 22.3 Å². The normalized spacial score (nSPS) is 12.7.